The van der Waals surface area contributed by atoms with Crippen molar-refractivity contribution in [1.82, 2.24) is 5.32 Å². The van der Waals surface area contributed by atoms with Crippen LogP contribution in [0.25, 0.3) is 0 Å². The lowest BCUT2D eigenvalue weighted by atomic mass is 10.1. The molecule has 0 heterocycles. The summed E-state index contributed by atoms with van der Waals surface area (Å²) in [5.74, 6) is 0.147. The Bertz CT molecular complexity index is 479. The maximum Gasteiger partial charge on any atom is 0.151 e. The van der Waals surface area contributed by atoms with Crippen LogP contribution in [0.5, 0.6) is 11.5 Å². The van der Waals surface area contributed by atoms with E-state index in [-0.39, 0.29) is 35.6 Å². The molecule has 0 aliphatic rings. The first-order valence-electron chi connectivity index (χ1n) is 5.82. The second-order valence-corrected chi connectivity index (χ2v) is 6.59. The van der Waals surface area contributed by atoms with Gasteiger partial charge in [-0.2, -0.15) is 0 Å². The third-order valence-electron chi connectivity index (χ3n) is 2.80. The summed E-state index contributed by atoms with van der Waals surface area (Å²) in [7, 11) is -3.01. The lowest BCUT2D eigenvalue weighted by Crippen LogP contribution is -2.26. The minimum atomic E-state index is -3.01. The third-order valence-corrected chi connectivity index (χ3v) is 4.50. The van der Waals surface area contributed by atoms with E-state index in [4.69, 9.17) is 0 Å². The van der Waals surface area contributed by atoms with Crippen molar-refractivity contribution in [1.29, 1.82) is 0 Å². The molecule has 0 aliphatic heterocycles. The van der Waals surface area contributed by atoms with E-state index in [0.29, 0.717) is 5.56 Å². The largest absolute Gasteiger partial charge is 0.507 e. The number of hydrogen-bond donors (Lipinski definition) is 3. The second-order valence-electron chi connectivity index (χ2n) is 4.12. The Morgan fingerprint density at radius 1 is 1.28 bits per heavy atom. The molecule has 0 aromatic heterocycles. The Hall–Kier alpha value is -1.27. The van der Waals surface area contributed by atoms with Crippen LogP contribution in [-0.2, 0) is 9.84 Å². The molecule has 0 fully saturated rings. The Balaban J connectivity index is 2.64. The van der Waals surface area contributed by atoms with Gasteiger partial charge in [-0.3, -0.25) is 0 Å². The van der Waals surface area contributed by atoms with Crippen molar-refractivity contribution in [3.63, 3.8) is 0 Å². The molecular formula is C12H19NO4S. The molecule has 1 aromatic rings. The van der Waals surface area contributed by atoms with Crippen molar-refractivity contribution in [2.24, 2.45) is 0 Å². The predicted molar refractivity (Wildman–Crippen MR) is 70.5 cm³/mol. The number of hydrogen-bond acceptors (Lipinski definition) is 5. The standard InChI is InChI=1S/C12H19NO4S/c1-3-18(16,17)8-7-13-9(2)12-10(14)5-4-6-11(12)15/h4-6,9,13-15H,3,7-8H2,1-2H3. The molecule has 6 heteroatoms. The van der Waals surface area contributed by atoms with E-state index in [2.05, 4.69) is 5.32 Å². The molecule has 0 spiro atoms. The molecule has 5 nitrogen and oxygen atoms in total. The van der Waals surface area contributed by atoms with Crippen molar-refractivity contribution in [2.75, 3.05) is 18.1 Å². The number of rotatable bonds is 6. The zero-order valence-corrected chi connectivity index (χ0v) is 11.4. The summed E-state index contributed by atoms with van der Waals surface area (Å²) in [4.78, 5) is 0. The Kier molecular flexibility index (Phi) is 4.98. The number of aromatic hydroxyl groups is 2. The molecule has 18 heavy (non-hydrogen) atoms. The minimum absolute atomic E-state index is 0.00616. The Morgan fingerprint density at radius 2 is 1.83 bits per heavy atom. The molecule has 0 bridgehead atoms. The second kappa shape index (κ2) is 6.06. The maximum absolute atomic E-state index is 11.3. The lowest BCUT2D eigenvalue weighted by molar-refractivity contribution is 0.421. The highest BCUT2D eigenvalue weighted by atomic mass is 32.2. The first-order valence-corrected chi connectivity index (χ1v) is 7.64. The van der Waals surface area contributed by atoms with Crippen molar-refractivity contribution in [3.05, 3.63) is 23.8 Å². The quantitative estimate of drug-likeness (QED) is 0.724. The fourth-order valence-corrected chi connectivity index (χ4v) is 2.38. The smallest absolute Gasteiger partial charge is 0.151 e. The Morgan fingerprint density at radius 3 is 2.33 bits per heavy atom. The highest BCUT2D eigenvalue weighted by Crippen LogP contribution is 2.31. The zero-order valence-electron chi connectivity index (χ0n) is 10.5. The maximum atomic E-state index is 11.3. The number of phenolic OH excluding ortho intramolecular Hbond substituents is 2. The molecule has 1 unspecified atom stereocenters. The first kappa shape index (κ1) is 14.8. The monoisotopic (exact) mass is 273 g/mol. The van der Waals surface area contributed by atoms with E-state index in [0.717, 1.165) is 0 Å². The van der Waals surface area contributed by atoms with Crippen LogP contribution in [0.4, 0.5) is 0 Å². The summed E-state index contributed by atoms with van der Waals surface area (Å²) in [6.45, 7) is 3.64. The van der Waals surface area contributed by atoms with Crippen LogP contribution in [0.1, 0.15) is 25.5 Å². The molecular weight excluding hydrogens is 254 g/mol. The van der Waals surface area contributed by atoms with E-state index >= 15 is 0 Å². The molecule has 1 aromatic carbocycles. The van der Waals surface area contributed by atoms with Crippen LogP contribution in [0.15, 0.2) is 18.2 Å². The van der Waals surface area contributed by atoms with E-state index in [1.807, 2.05) is 0 Å². The van der Waals surface area contributed by atoms with Gasteiger partial charge in [-0.1, -0.05) is 13.0 Å². The highest BCUT2D eigenvalue weighted by Gasteiger charge is 2.15. The van der Waals surface area contributed by atoms with Crippen LogP contribution >= 0.6 is 0 Å². The average Bonchev–Trinajstić information content (AvgIpc) is 2.28. The van der Waals surface area contributed by atoms with E-state index in [9.17, 15) is 18.6 Å². The van der Waals surface area contributed by atoms with Gasteiger partial charge in [0.25, 0.3) is 0 Å². The molecule has 0 radical (unpaired) electrons. The van der Waals surface area contributed by atoms with E-state index in [1.165, 1.54) is 12.1 Å². The summed E-state index contributed by atoms with van der Waals surface area (Å²) in [6, 6.07) is 4.19. The van der Waals surface area contributed by atoms with Crippen molar-refractivity contribution in [2.45, 2.75) is 19.9 Å². The van der Waals surface area contributed by atoms with E-state index < -0.39 is 9.84 Å². The molecule has 1 rings (SSSR count). The SMILES string of the molecule is CCS(=O)(=O)CCNC(C)c1c(O)cccc1O. The van der Waals surface area contributed by atoms with Gasteiger partial charge in [0, 0.05) is 18.3 Å². The highest BCUT2D eigenvalue weighted by molar-refractivity contribution is 7.91. The number of benzene rings is 1. The molecule has 3 N–H and O–H groups in total. The molecule has 0 saturated carbocycles. The summed E-state index contributed by atoms with van der Waals surface area (Å²) in [5.41, 5.74) is 0.381. The van der Waals surface area contributed by atoms with E-state index in [1.54, 1.807) is 19.9 Å². The first-order chi connectivity index (χ1) is 8.37. The summed E-state index contributed by atoms with van der Waals surface area (Å²) >= 11 is 0. The van der Waals surface area contributed by atoms with Crippen molar-refractivity contribution >= 4 is 9.84 Å². The molecule has 102 valence electrons. The van der Waals surface area contributed by atoms with Gasteiger partial charge in [-0.15, -0.1) is 0 Å². The van der Waals surface area contributed by atoms with Gasteiger partial charge in [0.15, 0.2) is 9.84 Å². The van der Waals surface area contributed by atoms with Crippen LogP contribution in [0.2, 0.25) is 0 Å². The summed E-state index contributed by atoms with van der Waals surface area (Å²) in [6.07, 6.45) is 0. The topological polar surface area (TPSA) is 86.6 Å². The number of phenols is 2. The molecule has 0 aliphatic carbocycles. The average molecular weight is 273 g/mol. The fraction of sp³-hybridized carbons (Fsp3) is 0.500. The number of nitrogens with one attached hydrogen (secondary N) is 1. The van der Waals surface area contributed by atoms with Crippen molar-refractivity contribution in [3.8, 4) is 11.5 Å². The molecule has 0 amide bonds. The molecule has 0 saturated heterocycles. The number of sulfone groups is 1. The normalized spacial score (nSPS) is 13.4. The van der Waals surface area contributed by atoms with Gasteiger partial charge in [0.05, 0.1) is 11.3 Å². The van der Waals surface area contributed by atoms with Crippen LogP contribution in [0.3, 0.4) is 0 Å². The molecule has 1 atom stereocenters. The lowest BCUT2D eigenvalue weighted by Gasteiger charge is -2.16. The van der Waals surface area contributed by atoms with Crippen molar-refractivity contribution < 1.29 is 18.6 Å². The summed E-state index contributed by atoms with van der Waals surface area (Å²) in [5, 5.41) is 22.3. The Labute approximate surface area is 107 Å². The van der Waals surface area contributed by atoms with Crippen LogP contribution in [-0.4, -0.2) is 36.7 Å². The van der Waals surface area contributed by atoms with Gasteiger partial charge in [0.1, 0.15) is 11.5 Å². The van der Waals surface area contributed by atoms with Crippen LogP contribution in [0, 0.1) is 0 Å². The van der Waals surface area contributed by atoms with Gasteiger partial charge >= 0.3 is 0 Å². The zero-order chi connectivity index (χ0) is 13.8. The van der Waals surface area contributed by atoms with Crippen LogP contribution < -0.4 is 5.32 Å². The van der Waals surface area contributed by atoms with Gasteiger partial charge < -0.3 is 15.5 Å². The fourth-order valence-electron chi connectivity index (χ4n) is 1.66. The minimum Gasteiger partial charge on any atom is -0.507 e. The van der Waals surface area contributed by atoms with Gasteiger partial charge in [-0.05, 0) is 19.1 Å². The van der Waals surface area contributed by atoms with Gasteiger partial charge in [0.2, 0.25) is 0 Å². The predicted octanol–water partition coefficient (Wildman–Crippen LogP) is 1.18. The third kappa shape index (κ3) is 3.89. The van der Waals surface area contributed by atoms with Gasteiger partial charge in [-0.25, -0.2) is 8.42 Å². The summed E-state index contributed by atoms with van der Waals surface area (Å²) < 4.78 is 22.6.